The first-order valence-electron chi connectivity index (χ1n) is 4.40. The summed E-state index contributed by atoms with van der Waals surface area (Å²) in [5.41, 5.74) is 1.58. The van der Waals surface area contributed by atoms with Crippen LogP contribution in [-0.4, -0.2) is 18.1 Å². The second-order valence-corrected chi connectivity index (χ2v) is 3.35. The maximum Gasteiger partial charge on any atom is 0.142 e. The van der Waals surface area contributed by atoms with Crippen molar-refractivity contribution in [3.8, 4) is 6.07 Å². The van der Waals surface area contributed by atoms with E-state index in [0.717, 1.165) is 5.69 Å². The Balaban J connectivity index is 2.24. The van der Waals surface area contributed by atoms with E-state index in [9.17, 15) is 0 Å². The highest BCUT2D eigenvalue weighted by Crippen LogP contribution is 2.29. The summed E-state index contributed by atoms with van der Waals surface area (Å²) < 4.78 is 0. The van der Waals surface area contributed by atoms with Crippen LogP contribution in [0.2, 0.25) is 0 Å². The molecule has 0 bridgehead atoms. The predicted molar refractivity (Wildman–Crippen MR) is 50.4 cm³/mol. The Morgan fingerprint density at radius 2 is 2.38 bits per heavy atom. The van der Waals surface area contributed by atoms with Crippen molar-refractivity contribution in [3.05, 3.63) is 24.0 Å². The van der Waals surface area contributed by atoms with Gasteiger partial charge in [0.1, 0.15) is 11.8 Å². The van der Waals surface area contributed by atoms with Crippen LogP contribution in [0.25, 0.3) is 0 Å². The molecule has 0 aromatic carbocycles. The van der Waals surface area contributed by atoms with Crippen molar-refractivity contribution in [2.24, 2.45) is 0 Å². The van der Waals surface area contributed by atoms with Crippen LogP contribution in [0.15, 0.2) is 18.3 Å². The van der Waals surface area contributed by atoms with Gasteiger partial charge in [-0.3, -0.25) is 0 Å². The topological polar surface area (TPSA) is 39.9 Å². The van der Waals surface area contributed by atoms with Gasteiger partial charge in [0.2, 0.25) is 0 Å². The fraction of sp³-hybridized carbons (Fsp3) is 0.400. The molecule has 0 radical (unpaired) electrons. The molecule has 1 heterocycles. The normalized spacial score (nSPS) is 15.1. The third-order valence-electron chi connectivity index (χ3n) is 2.36. The van der Waals surface area contributed by atoms with Crippen molar-refractivity contribution in [2.75, 3.05) is 11.9 Å². The second-order valence-electron chi connectivity index (χ2n) is 3.35. The summed E-state index contributed by atoms with van der Waals surface area (Å²) in [5, 5.41) is 8.67. The van der Waals surface area contributed by atoms with Gasteiger partial charge in [-0.05, 0) is 25.0 Å². The Bertz CT molecular complexity index is 349. The number of anilines is 1. The van der Waals surface area contributed by atoms with E-state index < -0.39 is 0 Å². The number of hydrogen-bond donors (Lipinski definition) is 0. The highest BCUT2D eigenvalue weighted by molar-refractivity contribution is 5.49. The van der Waals surface area contributed by atoms with Crippen LogP contribution >= 0.6 is 0 Å². The molecule has 0 saturated heterocycles. The minimum atomic E-state index is 0.491. The van der Waals surface area contributed by atoms with E-state index >= 15 is 0 Å². The molecule has 1 fully saturated rings. The van der Waals surface area contributed by atoms with Crippen molar-refractivity contribution in [3.63, 3.8) is 0 Å². The molecule has 3 nitrogen and oxygen atoms in total. The zero-order chi connectivity index (χ0) is 9.26. The Morgan fingerprint density at radius 3 is 3.00 bits per heavy atom. The van der Waals surface area contributed by atoms with Crippen molar-refractivity contribution in [1.82, 2.24) is 4.98 Å². The van der Waals surface area contributed by atoms with E-state index in [1.165, 1.54) is 12.8 Å². The second kappa shape index (κ2) is 3.06. The molecule has 1 saturated carbocycles. The quantitative estimate of drug-likeness (QED) is 0.681. The van der Waals surface area contributed by atoms with Gasteiger partial charge in [0.15, 0.2) is 0 Å². The van der Waals surface area contributed by atoms with Gasteiger partial charge >= 0.3 is 0 Å². The van der Waals surface area contributed by atoms with Crippen LogP contribution in [0.5, 0.6) is 0 Å². The predicted octanol–water partition coefficient (Wildman–Crippen LogP) is 1.55. The SMILES string of the molecule is CN(c1ccnc(C#N)c1)C1CC1. The van der Waals surface area contributed by atoms with E-state index in [2.05, 4.69) is 16.9 Å². The van der Waals surface area contributed by atoms with Crippen LogP contribution in [-0.2, 0) is 0 Å². The van der Waals surface area contributed by atoms with Gasteiger partial charge in [-0.1, -0.05) is 0 Å². The fourth-order valence-electron chi connectivity index (χ4n) is 1.37. The van der Waals surface area contributed by atoms with E-state index in [1.54, 1.807) is 6.20 Å². The minimum Gasteiger partial charge on any atom is -0.371 e. The van der Waals surface area contributed by atoms with Crippen molar-refractivity contribution < 1.29 is 0 Å². The zero-order valence-corrected chi connectivity index (χ0v) is 7.57. The minimum absolute atomic E-state index is 0.491. The Labute approximate surface area is 77.6 Å². The fourth-order valence-corrected chi connectivity index (χ4v) is 1.37. The monoisotopic (exact) mass is 173 g/mol. The van der Waals surface area contributed by atoms with Crippen molar-refractivity contribution in [1.29, 1.82) is 5.26 Å². The molecule has 0 atom stereocenters. The van der Waals surface area contributed by atoms with Gasteiger partial charge in [-0.2, -0.15) is 5.26 Å². The average molecular weight is 173 g/mol. The van der Waals surface area contributed by atoms with Crippen molar-refractivity contribution in [2.45, 2.75) is 18.9 Å². The molecular formula is C10H11N3. The molecule has 1 aromatic rings. The third kappa shape index (κ3) is 1.62. The highest BCUT2D eigenvalue weighted by atomic mass is 15.2. The summed E-state index contributed by atoms with van der Waals surface area (Å²) >= 11 is 0. The summed E-state index contributed by atoms with van der Waals surface area (Å²) in [6.07, 6.45) is 4.22. The first-order chi connectivity index (χ1) is 6.31. The maximum atomic E-state index is 8.67. The number of rotatable bonds is 2. The largest absolute Gasteiger partial charge is 0.371 e. The molecule has 2 rings (SSSR count). The van der Waals surface area contributed by atoms with Gasteiger partial charge in [-0.15, -0.1) is 0 Å². The summed E-state index contributed by atoms with van der Waals surface area (Å²) in [6, 6.07) is 6.49. The molecule has 1 aliphatic rings. The molecule has 1 aromatic heterocycles. The molecule has 66 valence electrons. The molecule has 0 unspecified atom stereocenters. The first kappa shape index (κ1) is 8.06. The molecule has 3 heteroatoms. The van der Waals surface area contributed by atoms with Gasteiger partial charge < -0.3 is 4.90 Å². The van der Waals surface area contributed by atoms with Gasteiger partial charge in [0, 0.05) is 25.0 Å². The maximum absolute atomic E-state index is 8.67. The van der Waals surface area contributed by atoms with Gasteiger partial charge in [0.05, 0.1) is 0 Å². The van der Waals surface area contributed by atoms with Crippen LogP contribution in [0.3, 0.4) is 0 Å². The zero-order valence-electron chi connectivity index (χ0n) is 7.57. The molecule has 0 spiro atoms. The van der Waals surface area contributed by atoms with Crippen LogP contribution in [0.1, 0.15) is 18.5 Å². The van der Waals surface area contributed by atoms with E-state index in [1.807, 2.05) is 18.2 Å². The summed E-state index contributed by atoms with van der Waals surface area (Å²) in [4.78, 5) is 6.14. The first-order valence-corrected chi connectivity index (χ1v) is 4.40. The Hall–Kier alpha value is -1.56. The van der Waals surface area contributed by atoms with E-state index in [0.29, 0.717) is 11.7 Å². The van der Waals surface area contributed by atoms with E-state index in [-0.39, 0.29) is 0 Å². The number of nitriles is 1. The van der Waals surface area contributed by atoms with Gasteiger partial charge in [-0.25, -0.2) is 4.98 Å². The van der Waals surface area contributed by atoms with Crippen molar-refractivity contribution >= 4 is 5.69 Å². The number of aromatic nitrogens is 1. The highest BCUT2D eigenvalue weighted by Gasteiger charge is 2.26. The number of hydrogen-bond acceptors (Lipinski definition) is 3. The number of nitrogens with zero attached hydrogens (tertiary/aromatic N) is 3. The molecule has 0 aliphatic heterocycles. The summed E-state index contributed by atoms with van der Waals surface area (Å²) in [7, 11) is 2.06. The van der Waals surface area contributed by atoms with E-state index in [4.69, 9.17) is 5.26 Å². The summed E-state index contributed by atoms with van der Waals surface area (Å²) in [5.74, 6) is 0. The smallest absolute Gasteiger partial charge is 0.142 e. The lowest BCUT2D eigenvalue weighted by atomic mass is 10.3. The molecule has 13 heavy (non-hydrogen) atoms. The number of pyridine rings is 1. The van der Waals surface area contributed by atoms with Crippen LogP contribution < -0.4 is 4.90 Å². The lowest BCUT2D eigenvalue weighted by molar-refractivity contribution is 0.914. The van der Waals surface area contributed by atoms with Crippen LogP contribution in [0.4, 0.5) is 5.69 Å². The summed E-state index contributed by atoms with van der Waals surface area (Å²) in [6.45, 7) is 0. The Kier molecular flexibility index (Phi) is 1.90. The molecule has 0 N–H and O–H groups in total. The lowest BCUT2D eigenvalue weighted by Crippen LogP contribution is -2.19. The van der Waals surface area contributed by atoms with Gasteiger partial charge in [0.25, 0.3) is 0 Å². The molecule has 0 amide bonds. The molecule has 1 aliphatic carbocycles. The average Bonchev–Trinajstić information content (AvgIpc) is 3.00. The Morgan fingerprint density at radius 1 is 1.62 bits per heavy atom. The van der Waals surface area contributed by atoms with Crippen LogP contribution in [0, 0.1) is 11.3 Å². The standard InChI is InChI=1S/C10H11N3/c1-13(9-2-3-9)10-4-5-12-8(6-10)7-11/h4-6,9H,2-3H2,1H3. The lowest BCUT2D eigenvalue weighted by Gasteiger charge is -2.17. The third-order valence-corrected chi connectivity index (χ3v) is 2.36. The molecular weight excluding hydrogens is 162 g/mol.